The molecule has 12 heteroatoms. The molecule has 1 aliphatic rings. The maximum atomic E-state index is 13.5. The van der Waals surface area contributed by atoms with Gasteiger partial charge in [-0.05, 0) is 74.2 Å². The van der Waals surface area contributed by atoms with Crippen molar-refractivity contribution in [2.24, 2.45) is 0 Å². The van der Waals surface area contributed by atoms with E-state index in [9.17, 15) is 27.6 Å². The van der Waals surface area contributed by atoms with Crippen LogP contribution in [0, 0.1) is 11.3 Å². The summed E-state index contributed by atoms with van der Waals surface area (Å²) < 4.78 is 40.6. The third-order valence-corrected chi connectivity index (χ3v) is 7.20. The monoisotopic (exact) mass is 567 g/mol. The predicted octanol–water partition coefficient (Wildman–Crippen LogP) is 6.69. The van der Waals surface area contributed by atoms with Crippen LogP contribution in [0.2, 0.25) is 0 Å². The summed E-state index contributed by atoms with van der Waals surface area (Å²) in [5.41, 5.74) is -2.12. The number of halogens is 3. The van der Waals surface area contributed by atoms with E-state index in [1.165, 1.54) is 24.8 Å². The lowest BCUT2D eigenvalue weighted by Gasteiger charge is -2.28. The van der Waals surface area contributed by atoms with Crippen LogP contribution < -0.4 is 15.5 Å². The first kappa shape index (κ1) is 28.5. The second-order valence-electron chi connectivity index (χ2n) is 9.37. The molecule has 1 aliphatic heterocycles. The number of nitrogens with one attached hydrogen (secondary N) is 2. The Morgan fingerprint density at radius 2 is 1.70 bits per heavy atom. The smallest absolute Gasteiger partial charge is 0.308 e. The van der Waals surface area contributed by atoms with Gasteiger partial charge < -0.3 is 15.5 Å². The van der Waals surface area contributed by atoms with E-state index in [2.05, 4.69) is 10.6 Å². The summed E-state index contributed by atoms with van der Waals surface area (Å²) in [6.07, 6.45) is -2.92. The predicted molar refractivity (Wildman–Crippen MR) is 146 cm³/mol. The summed E-state index contributed by atoms with van der Waals surface area (Å²) in [5, 5.41) is 14.6. The van der Waals surface area contributed by atoms with Gasteiger partial charge in [-0.2, -0.15) is 18.4 Å². The summed E-state index contributed by atoms with van der Waals surface area (Å²) >= 11 is 1.57. The zero-order valence-corrected chi connectivity index (χ0v) is 22.5. The zero-order chi connectivity index (χ0) is 29.2. The fourth-order valence-electron chi connectivity index (χ4n) is 4.24. The van der Waals surface area contributed by atoms with E-state index in [4.69, 9.17) is 5.26 Å². The summed E-state index contributed by atoms with van der Waals surface area (Å²) in [4.78, 5) is 42.4. The molecule has 8 nitrogen and oxygen atoms in total. The Balaban J connectivity index is 1.58. The molecule has 4 rings (SSSR count). The summed E-state index contributed by atoms with van der Waals surface area (Å²) in [5.74, 6) is -0.729. The fourth-order valence-corrected chi connectivity index (χ4v) is 4.65. The van der Waals surface area contributed by atoms with Crippen LogP contribution in [0.5, 0.6) is 0 Å². The highest BCUT2D eigenvalue weighted by atomic mass is 32.2. The number of para-hydroxylation sites is 1. The van der Waals surface area contributed by atoms with E-state index in [1.54, 1.807) is 48.2 Å². The van der Waals surface area contributed by atoms with E-state index in [1.807, 2.05) is 18.4 Å². The van der Waals surface area contributed by atoms with Crippen LogP contribution in [-0.4, -0.2) is 34.7 Å². The number of nitrogens with zero attached hydrogens (tertiary/aromatic N) is 3. The zero-order valence-electron chi connectivity index (χ0n) is 21.7. The molecule has 0 atom stereocenters. The van der Waals surface area contributed by atoms with E-state index >= 15 is 0 Å². The minimum absolute atomic E-state index is 0.116. The number of urea groups is 2. The van der Waals surface area contributed by atoms with Gasteiger partial charge in [-0.1, -0.05) is 18.2 Å². The third-order valence-electron chi connectivity index (χ3n) is 6.45. The van der Waals surface area contributed by atoms with Crippen molar-refractivity contribution in [3.8, 4) is 6.07 Å². The minimum atomic E-state index is -4.86. The van der Waals surface area contributed by atoms with Crippen molar-refractivity contribution in [2.45, 2.75) is 37.0 Å². The first-order valence-electron chi connectivity index (χ1n) is 11.9. The number of carbonyl (C=O) groups excluding carboxylic acids is 3. The number of benzene rings is 3. The summed E-state index contributed by atoms with van der Waals surface area (Å²) in [6.45, 7) is 2.86. The average molecular weight is 568 g/mol. The minimum Gasteiger partial charge on any atom is -0.308 e. The molecule has 0 unspecified atom stereocenters. The largest absolute Gasteiger partial charge is 0.417 e. The number of anilines is 3. The van der Waals surface area contributed by atoms with Gasteiger partial charge in [0.15, 0.2) is 0 Å². The Kier molecular flexibility index (Phi) is 7.79. The molecule has 0 aromatic heterocycles. The second-order valence-corrected chi connectivity index (χ2v) is 10.3. The lowest BCUT2D eigenvalue weighted by Crippen LogP contribution is -2.43. The number of amides is 5. The number of hydrogen-bond acceptors (Lipinski definition) is 5. The second kappa shape index (κ2) is 10.9. The third kappa shape index (κ3) is 5.60. The quantitative estimate of drug-likeness (QED) is 0.255. The van der Waals surface area contributed by atoms with Crippen LogP contribution in [0.25, 0.3) is 0 Å². The first-order valence-corrected chi connectivity index (χ1v) is 13.2. The Hall–Kier alpha value is -4.50. The molecule has 1 fully saturated rings. The van der Waals surface area contributed by atoms with Gasteiger partial charge in [-0.25, -0.2) is 14.5 Å². The van der Waals surface area contributed by atoms with Gasteiger partial charge >= 0.3 is 18.2 Å². The number of carbonyl (C=O) groups is 3. The highest BCUT2D eigenvalue weighted by Gasteiger charge is 2.52. The van der Waals surface area contributed by atoms with Crippen LogP contribution in [0.1, 0.15) is 30.5 Å². The molecule has 3 aromatic carbocycles. The maximum Gasteiger partial charge on any atom is 0.417 e. The van der Waals surface area contributed by atoms with E-state index in [-0.39, 0.29) is 12.2 Å². The number of hydrogen-bond donors (Lipinski definition) is 2. The molecular weight excluding hydrogens is 543 g/mol. The SMILES string of the molecule is CSc1ccc(NC(=O)Nc2ccccc2CN2C(=O)N(c3ccc(C#N)c(C(F)(F)F)c3)C(=O)C2(C)C)cc1. The summed E-state index contributed by atoms with van der Waals surface area (Å²) in [7, 11) is 0. The van der Waals surface area contributed by atoms with Crippen LogP contribution in [-0.2, 0) is 17.5 Å². The molecule has 0 radical (unpaired) electrons. The standard InChI is InChI=1S/C28H24F3N5O3S/c1-27(2)24(37)36(20-11-8-17(15-32)22(14-20)28(29,30)31)26(39)35(27)16-18-6-4-5-7-23(18)34-25(38)33-19-9-12-21(40-3)13-10-19/h4-14H,16H2,1-3H3,(H2,33,34,38). The van der Waals surface area contributed by atoms with Crippen LogP contribution >= 0.6 is 11.8 Å². The van der Waals surface area contributed by atoms with Crippen molar-refractivity contribution >= 4 is 46.8 Å². The first-order chi connectivity index (χ1) is 18.9. The van der Waals surface area contributed by atoms with Crippen molar-refractivity contribution in [1.29, 1.82) is 5.26 Å². The van der Waals surface area contributed by atoms with Gasteiger partial charge in [0.25, 0.3) is 5.91 Å². The average Bonchev–Trinajstić information content (AvgIpc) is 3.08. The summed E-state index contributed by atoms with van der Waals surface area (Å²) in [6, 6.07) is 16.8. The Morgan fingerprint density at radius 3 is 2.33 bits per heavy atom. The van der Waals surface area contributed by atoms with Crippen LogP contribution in [0.4, 0.5) is 39.8 Å². The molecule has 206 valence electrons. The molecule has 2 N–H and O–H groups in total. The number of imide groups is 1. The molecule has 5 amide bonds. The highest BCUT2D eigenvalue weighted by molar-refractivity contribution is 7.98. The number of nitriles is 1. The number of thioether (sulfide) groups is 1. The fraction of sp³-hybridized carbons (Fsp3) is 0.214. The van der Waals surface area contributed by atoms with E-state index in [0.29, 0.717) is 27.9 Å². The number of alkyl halides is 3. The van der Waals surface area contributed by atoms with Crippen molar-refractivity contribution in [2.75, 3.05) is 21.8 Å². The maximum absolute atomic E-state index is 13.5. The van der Waals surface area contributed by atoms with Gasteiger partial charge in [-0.3, -0.25) is 4.79 Å². The molecule has 0 spiro atoms. The van der Waals surface area contributed by atoms with Crippen molar-refractivity contribution < 1.29 is 27.6 Å². The van der Waals surface area contributed by atoms with Gasteiger partial charge in [-0.15, -0.1) is 11.8 Å². The molecular formula is C28H24F3N5O3S. The lowest BCUT2D eigenvalue weighted by molar-refractivity contribution is -0.137. The van der Waals surface area contributed by atoms with E-state index in [0.717, 1.165) is 17.0 Å². The highest BCUT2D eigenvalue weighted by Crippen LogP contribution is 2.38. The normalized spacial score (nSPS) is 14.7. The molecule has 0 saturated carbocycles. The molecule has 1 saturated heterocycles. The Bertz CT molecular complexity index is 1520. The molecule has 3 aromatic rings. The number of rotatable bonds is 6. The molecule has 1 heterocycles. The van der Waals surface area contributed by atoms with Gasteiger partial charge in [0.1, 0.15) is 5.54 Å². The van der Waals surface area contributed by atoms with Crippen LogP contribution in [0.3, 0.4) is 0 Å². The van der Waals surface area contributed by atoms with E-state index < -0.39 is 40.8 Å². The Labute approximate surface area is 232 Å². The molecule has 40 heavy (non-hydrogen) atoms. The van der Waals surface area contributed by atoms with Gasteiger partial charge in [0, 0.05) is 16.3 Å². The van der Waals surface area contributed by atoms with Gasteiger partial charge in [0.05, 0.1) is 29.4 Å². The molecule has 0 bridgehead atoms. The topological polar surface area (TPSA) is 106 Å². The molecule has 0 aliphatic carbocycles. The van der Waals surface area contributed by atoms with Crippen LogP contribution in [0.15, 0.2) is 71.6 Å². The van der Waals surface area contributed by atoms with Crippen molar-refractivity contribution in [3.05, 3.63) is 83.4 Å². The Morgan fingerprint density at radius 1 is 1.02 bits per heavy atom. The van der Waals surface area contributed by atoms with Gasteiger partial charge in [0.2, 0.25) is 0 Å². The van der Waals surface area contributed by atoms with Crippen molar-refractivity contribution in [1.82, 2.24) is 4.90 Å². The lowest BCUT2D eigenvalue weighted by atomic mass is 10.0. The van der Waals surface area contributed by atoms with Crippen molar-refractivity contribution in [3.63, 3.8) is 0 Å².